The van der Waals surface area contributed by atoms with Crippen LogP contribution in [0.4, 0.5) is 17.1 Å². The summed E-state index contributed by atoms with van der Waals surface area (Å²) in [4.78, 5) is 18.4. The Morgan fingerprint density at radius 3 is 1.72 bits per heavy atom. The molecule has 0 saturated carbocycles. The molecule has 0 spiro atoms. The van der Waals surface area contributed by atoms with Gasteiger partial charge in [-0.1, -0.05) is 12.1 Å². The molecule has 3 rings (SSSR count). The Labute approximate surface area is 187 Å². The van der Waals surface area contributed by atoms with E-state index in [1.54, 1.807) is 30.6 Å². The quantitative estimate of drug-likeness (QED) is 0.282. The molecule has 3 aromatic rings. The number of aliphatic imine (C=N–C) groups is 2. The van der Waals surface area contributed by atoms with Crippen LogP contribution in [0.1, 0.15) is 34.7 Å². The van der Waals surface area contributed by atoms with E-state index < -0.39 is 4.92 Å². The van der Waals surface area contributed by atoms with Crippen molar-refractivity contribution in [2.45, 2.75) is 34.6 Å². The molecule has 0 aliphatic carbocycles. The molecule has 2 N–H and O–H groups in total. The standard InChI is InChI=1S/C15H14N2O3.C10H13NO/c1-10-7-11(2)15(18)14(8-10)16-9-12-3-5-13(6-4-12)17(19)20;1-4-11-9-6-7(2)5-8(3)10(9)12/h3-9,18H,1-2H3;4-6,12H,1-3H3. The maximum Gasteiger partial charge on any atom is 0.269 e. The zero-order valence-electron chi connectivity index (χ0n) is 18.8. The van der Waals surface area contributed by atoms with E-state index in [1.807, 2.05) is 52.8 Å². The lowest BCUT2D eigenvalue weighted by Crippen LogP contribution is -1.88. The molecule has 0 unspecified atom stereocenters. The fourth-order valence-corrected chi connectivity index (χ4v) is 3.04. The maximum atomic E-state index is 10.6. The van der Waals surface area contributed by atoms with Crippen molar-refractivity contribution in [2.24, 2.45) is 9.98 Å². The van der Waals surface area contributed by atoms with Gasteiger partial charge in [-0.3, -0.25) is 20.1 Å². The first-order chi connectivity index (χ1) is 15.1. The van der Waals surface area contributed by atoms with Crippen molar-refractivity contribution in [3.8, 4) is 11.5 Å². The summed E-state index contributed by atoms with van der Waals surface area (Å²) in [6.45, 7) is 9.43. The SMILES string of the molecule is CC=Nc1cc(C)cc(C)c1O.Cc1cc(C)c(O)c(N=Cc2ccc([N+](=O)[O-])cc2)c1. The summed E-state index contributed by atoms with van der Waals surface area (Å²) in [6, 6.07) is 13.5. The number of benzene rings is 3. The minimum atomic E-state index is -0.448. The second-order valence-corrected chi connectivity index (χ2v) is 7.39. The Bertz CT molecular complexity index is 1170. The monoisotopic (exact) mass is 433 g/mol. The largest absolute Gasteiger partial charge is 0.505 e. The van der Waals surface area contributed by atoms with Crippen molar-refractivity contribution in [1.82, 2.24) is 0 Å². The number of non-ortho nitro benzene ring substituents is 1. The van der Waals surface area contributed by atoms with E-state index in [1.165, 1.54) is 12.1 Å². The third-order valence-electron chi connectivity index (χ3n) is 4.57. The van der Waals surface area contributed by atoms with Gasteiger partial charge in [-0.25, -0.2) is 0 Å². The zero-order valence-corrected chi connectivity index (χ0v) is 18.8. The molecule has 3 aromatic carbocycles. The Balaban J connectivity index is 0.000000258. The number of aromatic hydroxyl groups is 2. The Morgan fingerprint density at radius 2 is 1.28 bits per heavy atom. The first kappa shape index (κ1) is 24.3. The summed E-state index contributed by atoms with van der Waals surface area (Å²) in [5, 5.41) is 30.0. The number of hydrogen-bond acceptors (Lipinski definition) is 6. The van der Waals surface area contributed by atoms with Crippen LogP contribution in [-0.4, -0.2) is 27.6 Å². The average molecular weight is 434 g/mol. The van der Waals surface area contributed by atoms with Crippen molar-refractivity contribution in [2.75, 3.05) is 0 Å². The van der Waals surface area contributed by atoms with E-state index in [0.29, 0.717) is 11.4 Å². The van der Waals surface area contributed by atoms with E-state index in [9.17, 15) is 20.3 Å². The maximum absolute atomic E-state index is 10.6. The van der Waals surface area contributed by atoms with Gasteiger partial charge in [0.2, 0.25) is 0 Å². The van der Waals surface area contributed by atoms with Crippen molar-refractivity contribution < 1.29 is 15.1 Å². The van der Waals surface area contributed by atoms with Crippen LogP contribution in [0.25, 0.3) is 0 Å². The lowest BCUT2D eigenvalue weighted by molar-refractivity contribution is -0.384. The third-order valence-corrected chi connectivity index (χ3v) is 4.57. The number of aryl methyl sites for hydroxylation is 4. The molecule has 0 fully saturated rings. The van der Waals surface area contributed by atoms with Crippen LogP contribution < -0.4 is 0 Å². The van der Waals surface area contributed by atoms with Gasteiger partial charge >= 0.3 is 0 Å². The number of rotatable bonds is 4. The van der Waals surface area contributed by atoms with Gasteiger partial charge in [0.05, 0.1) is 4.92 Å². The average Bonchev–Trinajstić information content (AvgIpc) is 2.74. The van der Waals surface area contributed by atoms with E-state index >= 15 is 0 Å². The first-order valence-electron chi connectivity index (χ1n) is 10.00. The Kier molecular flexibility index (Phi) is 8.24. The van der Waals surface area contributed by atoms with Gasteiger partial charge in [0.25, 0.3) is 5.69 Å². The number of nitro benzene ring substituents is 1. The van der Waals surface area contributed by atoms with Crippen LogP contribution >= 0.6 is 0 Å². The molecule has 0 aromatic heterocycles. The van der Waals surface area contributed by atoms with Crippen LogP contribution in [-0.2, 0) is 0 Å². The molecule has 7 nitrogen and oxygen atoms in total. The fourth-order valence-electron chi connectivity index (χ4n) is 3.04. The van der Waals surface area contributed by atoms with Crippen LogP contribution in [0.15, 0.2) is 58.5 Å². The molecule has 0 atom stereocenters. The predicted molar refractivity (Wildman–Crippen MR) is 129 cm³/mol. The highest BCUT2D eigenvalue weighted by molar-refractivity contribution is 5.83. The minimum absolute atomic E-state index is 0.0383. The van der Waals surface area contributed by atoms with Gasteiger partial charge in [-0.2, -0.15) is 0 Å². The van der Waals surface area contributed by atoms with Crippen molar-refractivity contribution in [1.29, 1.82) is 0 Å². The lowest BCUT2D eigenvalue weighted by Gasteiger charge is -2.04. The predicted octanol–water partition coefficient (Wildman–Crippen LogP) is 6.40. The summed E-state index contributed by atoms with van der Waals surface area (Å²) in [6.07, 6.45) is 3.24. The number of nitrogens with zero attached hydrogens (tertiary/aromatic N) is 3. The minimum Gasteiger partial charge on any atom is -0.505 e. The number of hydrogen-bond donors (Lipinski definition) is 2. The van der Waals surface area contributed by atoms with E-state index in [0.717, 1.165) is 27.8 Å². The first-order valence-corrected chi connectivity index (χ1v) is 10.00. The van der Waals surface area contributed by atoms with Crippen LogP contribution in [0.3, 0.4) is 0 Å². The number of phenolic OH excluding ortho intramolecular Hbond substituents is 2. The number of phenols is 2. The van der Waals surface area contributed by atoms with Crippen molar-refractivity contribution in [3.05, 3.63) is 86.5 Å². The summed E-state index contributed by atoms with van der Waals surface area (Å²) in [7, 11) is 0. The van der Waals surface area contributed by atoms with Crippen molar-refractivity contribution >= 4 is 29.5 Å². The summed E-state index contributed by atoms with van der Waals surface area (Å²) >= 11 is 0. The van der Waals surface area contributed by atoms with Gasteiger partial charge in [-0.15, -0.1) is 0 Å². The van der Waals surface area contributed by atoms with Gasteiger partial charge < -0.3 is 10.2 Å². The molecule has 0 aliphatic heterocycles. The number of nitro groups is 1. The van der Waals surface area contributed by atoms with Crippen molar-refractivity contribution in [3.63, 3.8) is 0 Å². The smallest absolute Gasteiger partial charge is 0.269 e. The molecule has 0 bridgehead atoms. The van der Waals surface area contributed by atoms with E-state index in [4.69, 9.17) is 0 Å². The molecule has 166 valence electrons. The molecule has 0 aliphatic rings. The molecule has 7 heteroatoms. The third kappa shape index (κ3) is 6.50. The lowest BCUT2D eigenvalue weighted by atomic mass is 10.1. The fraction of sp³-hybridized carbons (Fsp3) is 0.200. The highest BCUT2D eigenvalue weighted by atomic mass is 16.6. The second-order valence-electron chi connectivity index (χ2n) is 7.39. The van der Waals surface area contributed by atoms with E-state index in [2.05, 4.69) is 9.98 Å². The summed E-state index contributed by atoms with van der Waals surface area (Å²) in [5.41, 5.74) is 5.67. The topological polar surface area (TPSA) is 108 Å². The molecule has 0 radical (unpaired) electrons. The normalized spacial score (nSPS) is 10.9. The Hall–Kier alpha value is -4.00. The molecular weight excluding hydrogens is 406 g/mol. The molecule has 0 amide bonds. The molecule has 0 heterocycles. The Morgan fingerprint density at radius 1 is 0.812 bits per heavy atom. The molecular formula is C25H27N3O4. The zero-order chi connectivity index (χ0) is 23.8. The highest BCUT2D eigenvalue weighted by Gasteiger charge is 2.05. The van der Waals surface area contributed by atoms with Gasteiger partial charge in [-0.05, 0) is 86.7 Å². The van der Waals surface area contributed by atoms with Crippen LogP contribution in [0, 0.1) is 37.8 Å². The van der Waals surface area contributed by atoms with Crippen LogP contribution in [0.5, 0.6) is 11.5 Å². The van der Waals surface area contributed by atoms with Gasteiger partial charge in [0.15, 0.2) is 0 Å². The van der Waals surface area contributed by atoms with Gasteiger partial charge in [0.1, 0.15) is 22.9 Å². The summed E-state index contributed by atoms with van der Waals surface area (Å²) < 4.78 is 0. The molecule has 0 saturated heterocycles. The second kappa shape index (κ2) is 10.9. The van der Waals surface area contributed by atoms with Crippen LogP contribution in [0.2, 0.25) is 0 Å². The van der Waals surface area contributed by atoms with E-state index in [-0.39, 0.29) is 17.2 Å². The molecule has 32 heavy (non-hydrogen) atoms. The van der Waals surface area contributed by atoms with Gasteiger partial charge in [0, 0.05) is 24.6 Å². The summed E-state index contributed by atoms with van der Waals surface area (Å²) in [5.74, 6) is 0.424. The highest BCUT2D eigenvalue weighted by Crippen LogP contribution is 2.31.